The van der Waals surface area contributed by atoms with Crippen molar-refractivity contribution in [3.8, 4) is 11.4 Å². The van der Waals surface area contributed by atoms with Crippen molar-refractivity contribution in [3.05, 3.63) is 66.0 Å². The molecule has 0 radical (unpaired) electrons. The van der Waals surface area contributed by atoms with E-state index in [-0.39, 0.29) is 5.91 Å². The molecule has 0 atom stereocenters. The third-order valence-electron chi connectivity index (χ3n) is 4.68. The van der Waals surface area contributed by atoms with E-state index in [1.165, 1.54) is 17.3 Å². The fourth-order valence-corrected chi connectivity index (χ4v) is 3.77. The van der Waals surface area contributed by atoms with Gasteiger partial charge in [-0.15, -0.1) is 10.2 Å². The molecule has 6 nitrogen and oxygen atoms in total. The van der Waals surface area contributed by atoms with Crippen molar-refractivity contribution in [2.75, 3.05) is 26.0 Å². The molecule has 1 amide bonds. The maximum atomic E-state index is 12.5. The highest BCUT2D eigenvalue weighted by Crippen LogP contribution is 2.22. The molecule has 0 unspecified atom stereocenters. The molecule has 1 heterocycles. The first kappa shape index (κ1) is 20.9. The molecule has 3 aromatic rings. The SMILES string of the molecule is CCc1ccccc1-n1cnnc1SCC(=O)N(C)CCOc1ccccc1C. The Labute approximate surface area is 175 Å². The molecule has 0 spiro atoms. The number of benzene rings is 2. The summed E-state index contributed by atoms with van der Waals surface area (Å²) in [5.41, 5.74) is 3.35. The molecule has 0 N–H and O–H groups in total. The number of aryl methyl sites for hydroxylation is 2. The fourth-order valence-electron chi connectivity index (χ4n) is 2.90. The van der Waals surface area contributed by atoms with E-state index in [1.807, 2.05) is 54.0 Å². The number of amides is 1. The van der Waals surface area contributed by atoms with Crippen LogP contribution in [-0.2, 0) is 11.2 Å². The van der Waals surface area contributed by atoms with Gasteiger partial charge in [-0.3, -0.25) is 9.36 Å². The Hall–Kier alpha value is -2.80. The van der Waals surface area contributed by atoms with Gasteiger partial charge in [-0.05, 0) is 36.6 Å². The van der Waals surface area contributed by atoms with E-state index < -0.39 is 0 Å². The quantitative estimate of drug-likeness (QED) is 0.503. The zero-order valence-electron chi connectivity index (χ0n) is 17.0. The molecule has 0 bridgehead atoms. The summed E-state index contributed by atoms with van der Waals surface area (Å²) in [6, 6.07) is 16.0. The number of hydrogen-bond acceptors (Lipinski definition) is 5. The Morgan fingerprint density at radius 2 is 1.93 bits per heavy atom. The average molecular weight is 411 g/mol. The Kier molecular flexibility index (Phi) is 7.30. The summed E-state index contributed by atoms with van der Waals surface area (Å²) in [6.07, 6.45) is 2.61. The number of thioether (sulfide) groups is 1. The molecule has 1 aromatic heterocycles. The van der Waals surface area contributed by atoms with Crippen molar-refractivity contribution in [2.24, 2.45) is 0 Å². The van der Waals surface area contributed by atoms with E-state index in [0.29, 0.717) is 24.1 Å². The van der Waals surface area contributed by atoms with Crippen LogP contribution in [0.4, 0.5) is 0 Å². The van der Waals surface area contributed by atoms with Gasteiger partial charge < -0.3 is 9.64 Å². The average Bonchev–Trinajstić information content (AvgIpc) is 3.21. The third-order valence-corrected chi connectivity index (χ3v) is 5.60. The van der Waals surface area contributed by atoms with Crippen LogP contribution in [0.25, 0.3) is 5.69 Å². The van der Waals surface area contributed by atoms with Crippen LogP contribution in [0.15, 0.2) is 60.0 Å². The highest BCUT2D eigenvalue weighted by atomic mass is 32.2. The van der Waals surface area contributed by atoms with Crippen molar-refractivity contribution in [3.63, 3.8) is 0 Å². The summed E-state index contributed by atoms with van der Waals surface area (Å²) >= 11 is 1.39. The molecule has 0 aliphatic heterocycles. The smallest absolute Gasteiger partial charge is 0.232 e. The third kappa shape index (κ3) is 5.38. The van der Waals surface area contributed by atoms with Crippen LogP contribution in [0.5, 0.6) is 5.75 Å². The lowest BCUT2D eigenvalue weighted by atomic mass is 10.1. The van der Waals surface area contributed by atoms with Crippen LogP contribution in [0, 0.1) is 6.92 Å². The summed E-state index contributed by atoms with van der Waals surface area (Å²) in [4.78, 5) is 14.2. The topological polar surface area (TPSA) is 60.2 Å². The molecule has 29 heavy (non-hydrogen) atoms. The predicted molar refractivity (Wildman–Crippen MR) is 116 cm³/mol. The lowest BCUT2D eigenvalue weighted by molar-refractivity contribution is -0.127. The minimum atomic E-state index is 0.0294. The Bertz CT molecular complexity index is 957. The molecular weight excluding hydrogens is 384 g/mol. The first-order valence-corrected chi connectivity index (χ1v) is 10.6. The van der Waals surface area contributed by atoms with Gasteiger partial charge in [0.15, 0.2) is 5.16 Å². The highest BCUT2D eigenvalue weighted by molar-refractivity contribution is 7.99. The molecule has 0 saturated carbocycles. The molecule has 7 heteroatoms. The molecule has 0 saturated heterocycles. The summed E-state index contributed by atoms with van der Waals surface area (Å²) in [5.74, 6) is 1.18. The maximum Gasteiger partial charge on any atom is 0.232 e. The van der Waals surface area contributed by atoms with E-state index in [9.17, 15) is 4.79 Å². The van der Waals surface area contributed by atoms with Gasteiger partial charge in [0.05, 0.1) is 18.0 Å². The zero-order valence-corrected chi connectivity index (χ0v) is 17.9. The highest BCUT2D eigenvalue weighted by Gasteiger charge is 2.14. The monoisotopic (exact) mass is 410 g/mol. The largest absolute Gasteiger partial charge is 0.491 e. The van der Waals surface area contributed by atoms with Crippen molar-refractivity contribution in [1.29, 1.82) is 0 Å². The van der Waals surface area contributed by atoms with Gasteiger partial charge in [-0.2, -0.15) is 0 Å². The van der Waals surface area contributed by atoms with E-state index in [0.717, 1.165) is 23.4 Å². The summed E-state index contributed by atoms with van der Waals surface area (Å²) in [6.45, 7) is 5.11. The molecule has 152 valence electrons. The summed E-state index contributed by atoms with van der Waals surface area (Å²) < 4.78 is 7.73. The number of carbonyl (C=O) groups excluding carboxylic acids is 1. The number of aromatic nitrogens is 3. The van der Waals surface area contributed by atoms with Gasteiger partial charge in [0.1, 0.15) is 18.7 Å². The maximum absolute atomic E-state index is 12.5. The van der Waals surface area contributed by atoms with Gasteiger partial charge in [0.2, 0.25) is 5.91 Å². The van der Waals surface area contributed by atoms with E-state index in [4.69, 9.17) is 4.74 Å². The van der Waals surface area contributed by atoms with Gasteiger partial charge in [0.25, 0.3) is 0 Å². The van der Waals surface area contributed by atoms with Crippen LogP contribution >= 0.6 is 11.8 Å². The number of nitrogens with zero attached hydrogens (tertiary/aromatic N) is 4. The number of carbonyl (C=O) groups is 1. The number of ether oxygens (including phenoxy) is 1. The standard InChI is InChI=1S/C22H26N4O2S/c1-4-18-10-6-7-11-19(18)26-16-23-24-22(26)29-15-21(27)25(3)13-14-28-20-12-8-5-9-17(20)2/h5-12,16H,4,13-15H2,1-3H3. The van der Waals surface area contributed by atoms with Crippen LogP contribution in [0.2, 0.25) is 0 Å². The van der Waals surface area contributed by atoms with Crippen molar-refractivity contribution >= 4 is 17.7 Å². The molecule has 0 fully saturated rings. The number of likely N-dealkylation sites (N-methyl/N-ethyl adjacent to an activating group) is 1. The Morgan fingerprint density at radius 3 is 2.72 bits per heavy atom. The first-order valence-electron chi connectivity index (χ1n) is 9.63. The molecular formula is C22H26N4O2S. The van der Waals surface area contributed by atoms with Crippen LogP contribution in [0.3, 0.4) is 0 Å². The lowest BCUT2D eigenvalue weighted by Crippen LogP contribution is -2.32. The van der Waals surface area contributed by atoms with E-state index in [2.05, 4.69) is 23.2 Å². The van der Waals surface area contributed by atoms with Crippen molar-refractivity contribution in [2.45, 2.75) is 25.4 Å². The molecule has 0 aliphatic carbocycles. The summed E-state index contributed by atoms with van der Waals surface area (Å²) in [5, 5.41) is 8.94. The number of para-hydroxylation sites is 2. The number of hydrogen-bond donors (Lipinski definition) is 0. The van der Waals surface area contributed by atoms with E-state index in [1.54, 1.807) is 18.3 Å². The van der Waals surface area contributed by atoms with E-state index >= 15 is 0 Å². The van der Waals surface area contributed by atoms with Gasteiger partial charge >= 0.3 is 0 Å². The van der Waals surface area contributed by atoms with Crippen LogP contribution in [0.1, 0.15) is 18.1 Å². The van der Waals surface area contributed by atoms with Crippen LogP contribution in [-0.4, -0.2) is 51.5 Å². The van der Waals surface area contributed by atoms with Gasteiger partial charge in [0, 0.05) is 7.05 Å². The van der Waals surface area contributed by atoms with Crippen LogP contribution < -0.4 is 4.74 Å². The second-order valence-corrected chi connectivity index (χ2v) is 7.63. The lowest BCUT2D eigenvalue weighted by Gasteiger charge is -2.18. The second-order valence-electron chi connectivity index (χ2n) is 6.68. The Morgan fingerprint density at radius 1 is 1.17 bits per heavy atom. The molecule has 3 rings (SSSR count). The molecule has 0 aliphatic rings. The summed E-state index contributed by atoms with van der Waals surface area (Å²) in [7, 11) is 1.79. The predicted octanol–water partition coefficient (Wildman–Crippen LogP) is 3.77. The molecule has 2 aromatic carbocycles. The Balaban J connectivity index is 1.53. The van der Waals surface area contributed by atoms with Crippen molar-refractivity contribution < 1.29 is 9.53 Å². The normalized spacial score (nSPS) is 10.7. The first-order chi connectivity index (χ1) is 14.1. The minimum absolute atomic E-state index is 0.0294. The fraction of sp³-hybridized carbons (Fsp3) is 0.318. The zero-order chi connectivity index (χ0) is 20.6. The second kappa shape index (κ2) is 10.1. The minimum Gasteiger partial charge on any atom is -0.491 e. The van der Waals surface area contributed by atoms with Gasteiger partial charge in [-0.25, -0.2) is 0 Å². The van der Waals surface area contributed by atoms with Gasteiger partial charge in [-0.1, -0.05) is 55.1 Å². The van der Waals surface area contributed by atoms with Crippen molar-refractivity contribution in [1.82, 2.24) is 19.7 Å². The number of rotatable bonds is 9.